The van der Waals surface area contributed by atoms with Crippen LogP contribution in [0.2, 0.25) is 0 Å². The first-order valence-electron chi connectivity index (χ1n) is 6.63. The number of imidazole rings is 1. The summed E-state index contributed by atoms with van der Waals surface area (Å²) in [4.78, 5) is 3.73. The van der Waals surface area contributed by atoms with Crippen molar-refractivity contribution in [1.82, 2.24) is 9.55 Å². The summed E-state index contributed by atoms with van der Waals surface area (Å²) in [6, 6.07) is 4.47. The maximum Gasteiger partial charge on any atom is 0.416 e. The van der Waals surface area contributed by atoms with Crippen LogP contribution in [0.1, 0.15) is 11.1 Å². The molecule has 0 fully saturated rings. The van der Waals surface area contributed by atoms with Crippen LogP contribution in [0.4, 0.5) is 13.2 Å². The van der Waals surface area contributed by atoms with E-state index < -0.39 is 27.7 Å². The van der Waals surface area contributed by atoms with Crippen LogP contribution < -0.4 is 0 Å². The van der Waals surface area contributed by atoms with Crippen molar-refractivity contribution in [1.29, 1.82) is 0 Å². The second-order valence-corrected chi connectivity index (χ2v) is 7.10. The summed E-state index contributed by atoms with van der Waals surface area (Å²) in [6.45, 7) is -0.0244. The second kappa shape index (κ2) is 6.32. The second-order valence-electron chi connectivity index (χ2n) is 5.19. The molecular formula is C14H15F3N2O3S. The SMILES string of the molecule is CS(=O)(=O)c1nccn1C[C@H](O)Cc1ccc(C(F)(F)F)cc1. The van der Waals surface area contributed by atoms with Crippen LogP contribution >= 0.6 is 0 Å². The first-order chi connectivity index (χ1) is 10.6. The highest BCUT2D eigenvalue weighted by atomic mass is 32.2. The number of aliphatic hydroxyl groups excluding tert-OH is 1. The Morgan fingerprint density at radius 2 is 1.87 bits per heavy atom. The standard InChI is InChI=1S/C14H15F3N2O3S/c1-23(21,22)13-18-6-7-19(13)9-12(20)8-10-2-4-11(5-3-10)14(15,16)17/h2-7,12,20H,8-9H2,1H3/t12-/m1/s1. The minimum absolute atomic E-state index is 0.0244. The number of nitrogens with zero attached hydrogens (tertiary/aromatic N) is 2. The number of hydrogen-bond donors (Lipinski definition) is 1. The molecule has 0 aliphatic heterocycles. The van der Waals surface area contributed by atoms with E-state index in [0.29, 0.717) is 5.56 Å². The van der Waals surface area contributed by atoms with Gasteiger partial charge in [0, 0.05) is 25.1 Å². The van der Waals surface area contributed by atoms with E-state index in [4.69, 9.17) is 0 Å². The van der Waals surface area contributed by atoms with E-state index in [1.54, 1.807) is 0 Å². The van der Waals surface area contributed by atoms with Gasteiger partial charge >= 0.3 is 6.18 Å². The van der Waals surface area contributed by atoms with Gasteiger partial charge in [0.2, 0.25) is 15.0 Å². The van der Waals surface area contributed by atoms with E-state index in [0.717, 1.165) is 18.4 Å². The molecule has 0 aliphatic carbocycles. The monoisotopic (exact) mass is 348 g/mol. The van der Waals surface area contributed by atoms with E-state index in [-0.39, 0.29) is 18.1 Å². The molecular weight excluding hydrogens is 333 g/mol. The van der Waals surface area contributed by atoms with Crippen LogP contribution in [-0.2, 0) is 29.0 Å². The molecule has 1 aromatic heterocycles. The molecule has 0 saturated heterocycles. The Labute approximate surface area is 131 Å². The summed E-state index contributed by atoms with van der Waals surface area (Å²) < 4.78 is 61.7. The third-order valence-electron chi connectivity index (χ3n) is 3.17. The molecule has 0 radical (unpaired) electrons. The third kappa shape index (κ3) is 4.55. The van der Waals surface area contributed by atoms with Crippen LogP contribution in [-0.4, -0.2) is 35.4 Å². The minimum Gasteiger partial charge on any atom is -0.391 e. The molecule has 5 nitrogen and oxygen atoms in total. The van der Waals surface area contributed by atoms with Crippen molar-refractivity contribution in [3.05, 3.63) is 47.8 Å². The van der Waals surface area contributed by atoms with Gasteiger partial charge in [-0.3, -0.25) is 0 Å². The van der Waals surface area contributed by atoms with Crippen molar-refractivity contribution in [2.45, 2.75) is 30.4 Å². The molecule has 0 unspecified atom stereocenters. The van der Waals surface area contributed by atoms with Gasteiger partial charge in [0.05, 0.1) is 18.2 Å². The Morgan fingerprint density at radius 1 is 1.26 bits per heavy atom. The molecule has 0 spiro atoms. The lowest BCUT2D eigenvalue weighted by Gasteiger charge is -2.14. The number of alkyl halides is 3. The highest BCUT2D eigenvalue weighted by molar-refractivity contribution is 7.90. The molecule has 126 valence electrons. The number of aromatic nitrogens is 2. The molecule has 2 aromatic rings. The van der Waals surface area contributed by atoms with Gasteiger partial charge in [-0.15, -0.1) is 0 Å². The molecule has 1 atom stereocenters. The smallest absolute Gasteiger partial charge is 0.391 e. The first-order valence-corrected chi connectivity index (χ1v) is 8.52. The van der Waals surface area contributed by atoms with Gasteiger partial charge in [0.25, 0.3) is 0 Å². The third-order valence-corrected chi connectivity index (χ3v) is 4.17. The zero-order valence-corrected chi connectivity index (χ0v) is 13.0. The molecule has 1 heterocycles. The lowest BCUT2D eigenvalue weighted by molar-refractivity contribution is -0.137. The summed E-state index contributed by atoms with van der Waals surface area (Å²) >= 11 is 0. The highest BCUT2D eigenvalue weighted by Gasteiger charge is 2.30. The fourth-order valence-corrected chi connectivity index (χ4v) is 2.97. The summed E-state index contributed by atoms with van der Waals surface area (Å²) in [5.41, 5.74) is -0.240. The van der Waals surface area contributed by atoms with Gasteiger partial charge < -0.3 is 9.67 Å². The topological polar surface area (TPSA) is 72.2 Å². The molecule has 0 amide bonds. The van der Waals surface area contributed by atoms with Crippen LogP contribution in [0.5, 0.6) is 0 Å². The van der Waals surface area contributed by atoms with Gasteiger partial charge in [-0.2, -0.15) is 13.2 Å². The van der Waals surface area contributed by atoms with Crippen molar-refractivity contribution in [3.63, 3.8) is 0 Å². The zero-order chi connectivity index (χ0) is 17.3. The Hall–Kier alpha value is -1.87. The fourth-order valence-electron chi connectivity index (χ4n) is 2.16. The fraction of sp³-hybridized carbons (Fsp3) is 0.357. The highest BCUT2D eigenvalue weighted by Crippen LogP contribution is 2.29. The average Bonchev–Trinajstić information content (AvgIpc) is 2.86. The number of hydrogen-bond acceptors (Lipinski definition) is 4. The molecule has 0 aliphatic rings. The largest absolute Gasteiger partial charge is 0.416 e. The van der Waals surface area contributed by atoms with Crippen LogP contribution in [0.15, 0.2) is 41.8 Å². The number of sulfone groups is 1. The minimum atomic E-state index is -4.40. The van der Waals surface area contributed by atoms with E-state index in [2.05, 4.69) is 4.98 Å². The molecule has 1 aromatic carbocycles. The predicted molar refractivity (Wildman–Crippen MR) is 76.5 cm³/mol. The zero-order valence-electron chi connectivity index (χ0n) is 12.2. The van der Waals surface area contributed by atoms with Gasteiger partial charge in [0.1, 0.15) is 0 Å². The van der Waals surface area contributed by atoms with E-state index in [1.165, 1.54) is 29.1 Å². The van der Waals surface area contributed by atoms with E-state index in [9.17, 15) is 26.7 Å². The number of halogens is 3. The number of rotatable bonds is 5. The lowest BCUT2D eigenvalue weighted by Crippen LogP contribution is -2.21. The summed E-state index contributed by atoms with van der Waals surface area (Å²) in [5, 5.41) is 9.87. The Balaban J connectivity index is 2.06. The van der Waals surface area contributed by atoms with Gasteiger partial charge in [0.15, 0.2) is 0 Å². The van der Waals surface area contributed by atoms with E-state index >= 15 is 0 Å². The Bertz CT molecular complexity index is 767. The summed E-state index contributed by atoms with van der Waals surface area (Å²) in [5.74, 6) is 0. The normalized spacial score (nSPS) is 14.0. The van der Waals surface area contributed by atoms with Crippen molar-refractivity contribution in [2.75, 3.05) is 6.26 Å². The number of benzene rings is 1. The van der Waals surface area contributed by atoms with Gasteiger partial charge in [-0.05, 0) is 17.7 Å². The van der Waals surface area contributed by atoms with Crippen LogP contribution in [0.25, 0.3) is 0 Å². The molecule has 0 saturated carbocycles. The molecule has 0 bridgehead atoms. The van der Waals surface area contributed by atoms with Gasteiger partial charge in [-0.1, -0.05) is 12.1 Å². The van der Waals surface area contributed by atoms with Crippen LogP contribution in [0, 0.1) is 0 Å². The summed E-state index contributed by atoms with van der Waals surface area (Å²) in [6.07, 6.45) is -1.53. The lowest BCUT2D eigenvalue weighted by atomic mass is 10.1. The maximum atomic E-state index is 12.5. The summed E-state index contributed by atoms with van der Waals surface area (Å²) in [7, 11) is -3.51. The number of aliphatic hydroxyl groups is 1. The average molecular weight is 348 g/mol. The van der Waals surface area contributed by atoms with Crippen molar-refractivity contribution < 1.29 is 26.7 Å². The Kier molecular flexibility index (Phi) is 4.81. The van der Waals surface area contributed by atoms with E-state index in [1.807, 2.05) is 0 Å². The Morgan fingerprint density at radius 3 is 2.39 bits per heavy atom. The quantitative estimate of drug-likeness (QED) is 0.896. The van der Waals surface area contributed by atoms with Crippen molar-refractivity contribution in [3.8, 4) is 0 Å². The van der Waals surface area contributed by atoms with Crippen molar-refractivity contribution in [2.24, 2.45) is 0 Å². The molecule has 23 heavy (non-hydrogen) atoms. The maximum absolute atomic E-state index is 12.5. The predicted octanol–water partition coefficient (Wildman–Crippen LogP) is 1.91. The first kappa shape index (κ1) is 17.5. The van der Waals surface area contributed by atoms with Gasteiger partial charge in [-0.25, -0.2) is 13.4 Å². The van der Waals surface area contributed by atoms with Crippen molar-refractivity contribution >= 4 is 9.84 Å². The molecule has 1 N–H and O–H groups in total. The molecule has 2 rings (SSSR count). The van der Waals surface area contributed by atoms with Crippen LogP contribution in [0.3, 0.4) is 0 Å². The molecule has 9 heteroatoms.